The molecule has 0 aliphatic heterocycles. The fourth-order valence-corrected chi connectivity index (χ4v) is 2.61. The maximum absolute atomic E-state index is 13.9. The van der Waals surface area contributed by atoms with Crippen LogP contribution in [0.25, 0.3) is 0 Å². The largest absolute Gasteiger partial charge is 0.497 e. The Morgan fingerprint density at radius 3 is 2.64 bits per heavy atom. The van der Waals surface area contributed by atoms with Crippen molar-refractivity contribution in [3.8, 4) is 5.75 Å². The Kier molecular flexibility index (Phi) is 5.09. The van der Waals surface area contributed by atoms with Crippen LogP contribution >= 0.6 is 0 Å². The number of hydrogen-bond acceptors (Lipinski definition) is 4. The van der Waals surface area contributed by atoms with Crippen molar-refractivity contribution < 1.29 is 14.3 Å². The number of oxime groups is 1. The van der Waals surface area contributed by atoms with Crippen molar-refractivity contribution in [2.75, 3.05) is 7.11 Å². The molecule has 0 saturated carbocycles. The monoisotopic (exact) mass is 339 g/mol. The summed E-state index contributed by atoms with van der Waals surface area (Å²) < 4.78 is 20.8. The first-order chi connectivity index (χ1) is 12.2. The third kappa shape index (κ3) is 4.03. The predicted octanol–water partition coefficient (Wildman–Crippen LogP) is 3.48. The molecule has 0 atom stereocenters. The molecule has 0 aliphatic rings. The van der Waals surface area contributed by atoms with E-state index in [0.717, 1.165) is 11.3 Å². The van der Waals surface area contributed by atoms with Crippen molar-refractivity contribution >= 4 is 6.21 Å². The van der Waals surface area contributed by atoms with Crippen molar-refractivity contribution in [3.05, 3.63) is 82.9 Å². The molecule has 1 heterocycles. The van der Waals surface area contributed by atoms with Gasteiger partial charge in [0.1, 0.15) is 11.6 Å². The molecule has 1 N–H and O–H groups in total. The first-order valence-electron chi connectivity index (χ1n) is 7.79. The van der Waals surface area contributed by atoms with Gasteiger partial charge in [0.05, 0.1) is 25.6 Å². The molecular weight excluding hydrogens is 321 g/mol. The van der Waals surface area contributed by atoms with Crippen molar-refractivity contribution in [1.82, 2.24) is 9.78 Å². The number of hydrogen-bond donors (Lipinski definition) is 1. The van der Waals surface area contributed by atoms with Gasteiger partial charge in [0, 0.05) is 18.2 Å². The van der Waals surface area contributed by atoms with Crippen LogP contribution in [0.4, 0.5) is 4.39 Å². The van der Waals surface area contributed by atoms with Crippen molar-refractivity contribution in [2.24, 2.45) is 5.16 Å². The van der Waals surface area contributed by atoms with Gasteiger partial charge in [-0.05, 0) is 29.3 Å². The summed E-state index contributed by atoms with van der Waals surface area (Å²) >= 11 is 0. The average Bonchev–Trinajstić information content (AvgIpc) is 2.99. The third-order valence-corrected chi connectivity index (χ3v) is 3.89. The van der Waals surface area contributed by atoms with E-state index in [0.29, 0.717) is 29.8 Å². The van der Waals surface area contributed by atoms with Gasteiger partial charge < -0.3 is 9.94 Å². The van der Waals surface area contributed by atoms with Gasteiger partial charge >= 0.3 is 0 Å². The topological polar surface area (TPSA) is 59.6 Å². The molecule has 0 bridgehead atoms. The van der Waals surface area contributed by atoms with Gasteiger partial charge in [0.15, 0.2) is 0 Å². The van der Waals surface area contributed by atoms with Gasteiger partial charge in [0.25, 0.3) is 0 Å². The van der Waals surface area contributed by atoms with E-state index in [2.05, 4.69) is 10.3 Å². The maximum Gasteiger partial charge on any atom is 0.126 e. The highest BCUT2D eigenvalue weighted by Gasteiger charge is 2.11. The first kappa shape index (κ1) is 16.7. The average molecular weight is 339 g/mol. The van der Waals surface area contributed by atoms with Crippen molar-refractivity contribution in [1.29, 1.82) is 0 Å². The Labute approximate surface area is 145 Å². The van der Waals surface area contributed by atoms with Crippen LogP contribution < -0.4 is 4.74 Å². The van der Waals surface area contributed by atoms with E-state index in [-0.39, 0.29) is 5.82 Å². The van der Waals surface area contributed by atoms with Gasteiger partial charge in [0.2, 0.25) is 0 Å². The first-order valence-corrected chi connectivity index (χ1v) is 7.79. The molecule has 1 aromatic heterocycles. The molecule has 0 saturated heterocycles. The Morgan fingerprint density at radius 1 is 1.20 bits per heavy atom. The number of aromatic nitrogens is 2. The Balaban J connectivity index is 1.84. The van der Waals surface area contributed by atoms with Gasteiger partial charge in [-0.2, -0.15) is 5.10 Å². The second kappa shape index (κ2) is 7.61. The summed E-state index contributed by atoms with van der Waals surface area (Å²) in [6, 6.07) is 14.3. The van der Waals surface area contributed by atoms with Gasteiger partial charge in [-0.1, -0.05) is 35.5 Å². The van der Waals surface area contributed by atoms with Crippen LogP contribution in [0.2, 0.25) is 0 Å². The number of nitrogens with zero attached hydrogens (tertiary/aromatic N) is 3. The van der Waals surface area contributed by atoms with Crippen LogP contribution in [0.3, 0.4) is 0 Å². The zero-order chi connectivity index (χ0) is 17.6. The van der Waals surface area contributed by atoms with E-state index in [9.17, 15) is 4.39 Å². The molecule has 5 nitrogen and oxygen atoms in total. The number of halogens is 1. The number of rotatable bonds is 6. The minimum atomic E-state index is -0.279. The Hall–Kier alpha value is -3.15. The summed E-state index contributed by atoms with van der Waals surface area (Å²) in [7, 11) is 1.62. The van der Waals surface area contributed by atoms with E-state index < -0.39 is 0 Å². The summed E-state index contributed by atoms with van der Waals surface area (Å²) in [6.07, 6.45) is 3.41. The normalized spacial score (nSPS) is 11.1. The quantitative estimate of drug-likeness (QED) is 0.425. The van der Waals surface area contributed by atoms with Crippen LogP contribution in [-0.2, 0) is 13.0 Å². The highest BCUT2D eigenvalue weighted by atomic mass is 19.1. The summed E-state index contributed by atoms with van der Waals surface area (Å²) in [5.74, 6) is 0.511. The lowest BCUT2D eigenvalue weighted by molar-refractivity contribution is 0.322. The molecule has 25 heavy (non-hydrogen) atoms. The van der Waals surface area contributed by atoms with Crippen LogP contribution in [0.15, 0.2) is 59.9 Å². The van der Waals surface area contributed by atoms with E-state index in [1.54, 1.807) is 36.2 Å². The zero-order valence-corrected chi connectivity index (χ0v) is 13.8. The number of benzene rings is 2. The maximum atomic E-state index is 13.9. The van der Waals surface area contributed by atoms with Crippen molar-refractivity contribution in [2.45, 2.75) is 13.0 Å². The van der Waals surface area contributed by atoms with Crippen LogP contribution in [-0.4, -0.2) is 28.3 Å². The van der Waals surface area contributed by atoms with E-state index in [4.69, 9.17) is 9.94 Å². The van der Waals surface area contributed by atoms with Crippen LogP contribution in [0.1, 0.15) is 22.4 Å². The molecule has 128 valence electrons. The predicted molar refractivity (Wildman–Crippen MR) is 92.9 cm³/mol. The summed E-state index contributed by atoms with van der Waals surface area (Å²) in [6.45, 7) is 0.549. The Bertz CT molecular complexity index is 873. The molecule has 3 rings (SSSR count). The van der Waals surface area contributed by atoms with Gasteiger partial charge in [-0.25, -0.2) is 4.39 Å². The number of ether oxygens (including phenoxy) is 1. The van der Waals surface area contributed by atoms with E-state index in [1.807, 2.05) is 24.3 Å². The zero-order valence-electron chi connectivity index (χ0n) is 13.8. The van der Waals surface area contributed by atoms with E-state index >= 15 is 0 Å². The Morgan fingerprint density at radius 2 is 1.96 bits per heavy atom. The molecule has 0 amide bonds. The lowest BCUT2D eigenvalue weighted by Gasteiger charge is -2.04. The molecule has 2 aromatic carbocycles. The third-order valence-electron chi connectivity index (χ3n) is 3.89. The SMILES string of the molecule is COc1ccc(Cn2cc(C=NO)c(Cc3ccccc3F)n2)cc1. The minimum Gasteiger partial charge on any atom is -0.497 e. The van der Waals surface area contributed by atoms with Crippen molar-refractivity contribution in [3.63, 3.8) is 0 Å². The minimum absolute atomic E-state index is 0.279. The smallest absolute Gasteiger partial charge is 0.126 e. The fraction of sp³-hybridized carbons (Fsp3) is 0.158. The van der Waals surface area contributed by atoms with Gasteiger partial charge in [-0.15, -0.1) is 0 Å². The summed E-state index contributed by atoms with van der Waals surface area (Å²) in [5, 5.41) is 16.5. The molecule has 0 aliphatic carbocycles. The molecule has 3 aromatic rings. The molecular formula is C19H18FN3O2. The lowest BCUT2D eigenvalue weighted by atomic mass is 10.1. The fourth-order valence-electron chi connectivity index (χ4n) is 2.61. The molecule has 0 spiro atoms. The lowest BCUT2D eigenvalue weighted by Crippen LogP contribution is -2.02. The van der Waals surface area contributed by atoms with E-state index in [1.165, 1.54) is 12.3 Å². The molecule has 0 radical (unpaired) electrons. The molecule has 0 fully saturated rings. The second-order valence-corrected chi connectivity index (χ2v) is 5.59. The summed E-state index contributed by atoms with van der Waals surface area (Å²) in [5.41, 5.74) is 2.90. The number of methoxy groups -OCH3 is 1. The second-order valence-electron chi connectivity index (χ2n) is 5.59. The molecule has 6 heteroatoms. The standard InChI is InChI=1S/C19H18FN3O2/c1-25-17-8-6-14(7-9-17)12-23-13-16(11-21-24)19(22-23)10-15-4-2-3-5-18(15)20/h2-9,11,13,24H,10,12H2,1H3. The van der Waals surface area contributed by atoms with Crippen LogP contribution in [0, 0.1) is 5.82 Å². The van der Waals surface area contributed by atoms with Crippen LogP contribution in [0.5, 0.6) is 5.75 Å². The summed E-state index contributed by atoms with van der Waals surface area (Å²) in [4.78, 5) is 0. The molecule has 0 unspecified atom stereocenters. The van der Waals surface area contributed by atoms with Gasteiger partial charge in [-0.3, -0.25) is 4.68 Å². The highest BCUT2D eigenvalue weighted by molar-refractivity contribution is 5.80. The highest BCUT2D eigenvalue weighted by Crippen LogP contribution is 2.16.